The number of rotatable bonds is 5. The Morgan fingerprint density at radius 2 is 2.28 bits per heavy atom. The molecule has 2 rings (SSSR count). The molecule has 0 saturated heterocycles. The van der Waals surface area contributed by atoms with Crippen LogP contribution < -0.4 is 4.74 Å². The van der Waals surface area contributed by atoms with Crippen LogP contribution in [0.15, 0.2) is 22.7 Å². The number of halogens is 1. The topological polar surface area (TPSA) is 76.2 Å². The Morgan fingerprint density at radius 1 is 1.56 bits per heavy atom. The number of nitriles is 1. The Kier molecular flexibility index (Phi) is 3.53. The van der Waals surface area contributed by atoms with Crippen LogP contribution in [0.3, 0.4) is 0 Å². The van der Waals surface area contributed by atoms with E-state index in [1.807, 2.05) is 0 Å². The van der Waals surface area contributed by atoms with Gasteiger partial charge in [0.1, 0.15) is 0 Å². The van der Waals surface area contributed by atoms with Crippen molar-refractivity contribution in [2.24, 2.45) is 5.41 Å². The molecule has 1 aliphatic carbocycles. The Balaban J connectivity index is 2.10. The molecule has 0 radical (unpaired) electrons. The summed E-state index contributed by atoms with van der Waals surface area (Å²) >= 11 is 3.19. The highest BCUT2D eigenvalue weighted by atomic mass is 79.9. The summed E-state index contributed by atoms with van der Waals surface area (Å²) < 4.78 is 6.16. The SMILES string of the molecule is N#CCC1(COc2ccc(Br)cc2[N+](=O)[O-])CC1. The van der Waals surface area contributed by atoms with Crippen molar-refractivity contribution in [2.75, 3.05) is 6.61 Å². The quantitative estimate of drug-likeness (QED) is 0.616. The van der Waals surface area contributed by atoms with Gasteiger partial charge in [0.05, 0.1) is 17.6 Å². The normalized spacial score (nSPS) is 15.8. The lowest BCUT2D eigenvalue weighted by molar-refractivity contribution is -0.386. The first kappa shape index (κ1) is 12.8. The molecule has 1 fully saturated rings. The first-order valence-electron chi connectivity index (χ1n) is 5.50. The number of hydrogen-bond acceptors (Lipinski definition) is 4. The minimum absolute atomic E-state index is 0.0582. The van der Waals surface area contributed by atoms with Gasteiger partial charge in [-0.1, -0.05) is 15.9 Å². The largest absolute Gasteiger partial charge is 0.486 e. The molecule has 6 heteroatoms. The van der Waals surface area contributed by atoms with E-state index in [0.717, 1.165) is 12.8 Å². The number of ether oxygens (including phenoxy) is 1. The monoisotopic (exact) mass is 310 g/mol. The standard InChI is InChI=1S/C12H11BrN2O3/c13-9-1-2-11(10(7-9)15(16)17)18-8-12(3-4-12)5-6-14/h1-2,7H,3-5,8H2. The number of hydrogen-bond donors (Lipinski definition) is 0. The van der Waals surface area contributed by atoms with Crippen LogP contribution >= 0.6 is 15.9 Å². The second kappa shape index (κ2) is 4.94. The molecule has 0 spiro atoms. The van der Waals surface area contributed by atoms with Gasteiger partial charge in [0, 0.05) is 22.4 Å². The second-order valence-corrected chi connectivity index (χ2v) is 5.41. The summed E-state index contributed by atoms with van der Waals surface area (Å²) in [5, 5.41) is 19.6. The molecule has 0 heterocycles. The molecule has 1 saturated carbocycles. The lowest BCUT2D eigenvalue weighted by Crippen LogP contribution is -2.13. The van der Waals surface area contributed by atoms with Crippen LogP contribution in [-0.4, -0.2) is 11.5 Å². The van der Waals surface area contributed by atoms with Crippen LogP contribution in [0.5, 0.6) is 5.75 Å². The summed E-state index contributed by atoms with van der Waals surface area (Å²) in [5.41, 5.74) is -0.146. The maximum atomic E-state index is 10.9. The Labute approximate surface area is 113 Å². The van der Waals surface area contributed by atoms with Crippen LogP contribution in [0.2, 0.25) is 0 Å². The van der Waals surface area contributed by atoms with Crippen molar-refractivity contribution in [2.45, 2.75) is 19.3 Å². The van der Waals surface area contributed by atoms with Crippen molar-refractivity contribution in [3.05, 3.63) is 32.8 Å². The molecule has 0 N–H and O–H groups in total. The summed E-state index contributed by atoms with van der Waals surface area (Å²) in [4.78, 5) is 10.4. The van der Waals surface area contributed by atoms with Crippen LogP contribution in [0.4, 0.5) is 5.69 Å². The fraction of sp³-hybridized carbons (Fsp3) is 0.417. The van der Waals surface area contributed by atoms with E-state index in [1.165, 1.54) is 6.07 Å². The smallest absolute Gasteiger partial charge is 0.312 e. The number of nitrogens with zero attached hydrogens (tertiary/aromatic N) is 2. The summed E-state index contributed by atoms with van der Waals surface area (Å²) in [6, 6.07) is 6.82. The Morgan fingerprint density at radius 3 is 2.83 bits per heavy atom. The number of nitro groups is 1. The van der Waals surface area contributed by atoms with Crippen molar-refractivity contribution in [3.8, 4) is 11.8 Å². The van der Waals surface area contributed by atoms with E-state index in [2.05, 4.69) is 22.0 Å². The molecule has 0 aromatic heterocycles. The highest BCUT2D eigenvalue weighted by molar-refractivity contribution is 9.10. The lowest BCUT2D eigenvalue weighted by Gasteiger charge is -2.12. The molecule has 0 atom stereocenters. The minimum atomic E-state index is -0.468. The summed E-state index contributed by atoms with van der Waals surface area (Å²) in [7, 11) is 0. The van der Waals surface area contributed by atoms with E-state index in [1.54, 1.807) is 12.1 Å². The zero-order chi connectivity index (χ0) is 13.2. The van der Waals surface area contributed by atoms with Gasteiger partial charge < -0.3 is 4.74 Å². The third-order valence-electron chi connectivity index (χ3n) is 3.06. The van der Waals surface area contributed by atoms with Gasteiger partial charge >= 0.3 is 5.69 Å². The van der Waals surface area contributed by atoms with Crippen LogP contribution in [0, 0.1) is 26.9 Å². The molecule has 18 heavy (non-hydrogen) atoms. The highest BCUT2D eigenvalue weighted by Crippen LogP contribution is 2.49. The first-order valence-corrected chi connectivity index (χ1v) is 6.29. The lowest BCUT2D eigenvalue weighted by atomic mass is 10.1. The summed E-state index contributed by atoms with van der Waals surface area (Å²) in [5.74, 6) is 0.257. The third kappa shape index (κ3) is 2.79. The van der Waals surface area contributed by atoms with Crippen molar-refractivity contribution in [1.82, 2.24) is 0 Å². The van der Waals surface area contributed by atoms with Crippen molar-refractivity contribution in [1.29, 1.82) is 5.26 Å². The van der Waals surface area contributed by atoms with E-state index in [4.69, 9.17) is 10.00 Å². The van der Waals surface area contributed by atoms with E-state index >= 15 is 0 Å². The maximum absolute atomic E-state index is 10.9. The highest BCUT2D eigenvalue weighted by Gasteiger charge is 2.43. The fourth-order valence-electron chi connectivity index (χ4n) is 1.70. The predicted molar refractivity (Wildman–Crippen MR) is 68.2 cm³/mol. The third-order valence-corrected chi connectivity index (χ3v) is 3.56. The van der Waals surface area contributed by atoms with E-state index in [-0.39, 0.29) is 16.9 Å². The molecular formula is C12H11BrN2O3. The Bertz CT molecular complexity index is 521. The molecule has 1 aromatic carbocycles. The van der Waals surface area contributed by atoms with Crippen LogP contribution in [-0.2, 0) is 0 Å². The van der Waals surface area contributed by atoms with Gasteiger partial charge in [-0.2, -0.15) is 5.26 Å². The van der Waals surface area contributed by atoms with Gasteiger partial charge in [0.25, 0.3) is 0 Å². The van der Waals surface area contributed by atoms with Gasteiger partial charge in [-0.3, -0.25) is 10.1 Å². The average molecular weight is 311 g/mol. The predicted octanol–water partition coefficient (Wildman–Crippen LogP) is 3.43. The second-order valence-electron chi connectivity index (χ2n) is 4.49. The fourth-order valence-corrected chi connectivity index (χ4v) is 2.05. The van der Waals surface area contributed by atoms with Crippen molar-refractivity contribution < 1.29 is 9.66 Å². The van der Waals surface area contributed by atoms with Gasteiger partial charge in [-0.15, -0.1) is 0 Å². The first-order chi connectivity index (χ1) is 8.56. The molecule has 0 unspecified atom stereocenters. The van der Waals surface area contributed by atoms with Crippen LogP contribution in [0.1, 0.15) is 19.3 Å². The zero-order valence-corrected chi connectivity index (χ0v) is 11.1. The maximum Gasteiger partial charge on any atom is 0.312 e. The molecule has 1 aromatic rings. The van der Waals surface area contributed by atoms with Crippen molar-refractivity contribution in [3.63, 3.8) is 0 Å². The van der Waals surface area contributed by atoms with Crippen LogP contribution in [0.25, 0.3) is 0 Å². The molecule has 1 aliphatic rings. The molecule has 5 nitrogen and oxygen atoms in total. The summed E-state index contributed by atoms with van der Waals surface area (Å²) in [6.45, 7) is 0.364. The van der Waals surface area contributed by atoms with Gasteiger partial charge in [0.2, 0.25) is 0 Å². The molecule has 0 bridgehead atoms. The Hall–Kier alpha value is -1.61. The minimum Gasteiger partial charge on any atom is -0.486 e. The molecule has 94 valence electrons. The zero-order valence-electron chi connectivity index (χ0n) is 9.56. The van der Waals surface area contributed by atoms with Crippen molar-refractivity contribution >= 4 is 21.6 Å². The number of benzene rings is 1. The van der Waals surface area contributed by atoms with E-state index in [0.29, 0.717) is 17.5 Å². The number of nitro benzene ring substituents is 1. The van der Waals surface area contributed by atoms with E-state index in [9.17, 15) is 10.1 Å². The molecular weight excluding hydrogens is 300 g/mol. The van der Waals surface area contributed by atoms with Gasteiger partial charge in [0.15, 0.2) is 5.75 Å². The van der Waals surface area contributed by atoms with E-state index < -0.39 is 4.92 Å². The molecule has 0 aliphatic heterocycles. The average Bonchev–Trinajstić information content (AvgIpc) is 3.08. The molecule has 0 amide bonds. The van der Waals surface area contributed by atoms with Gasteiger partial charge in [-0.05, 0) is 25.0 Å². The summed E-state index contributed by atoms with van der Waals surface area (Å²) in [6.07, 6.45) is 2.34. The van der Waals surface area contributed by atoms with Gasteiger partial charge in [-0.25, -0.2) is 0 Å².